The van der Waals surface area contributed by atoms with Gasteiger partial charge in [-0.3, -0.25) is 0 Å². The minimum Gasteiger partial charge on any atom is -0.455 e. The molecule has 11 aromatic rings. The lowest BCUT2D eigenvalue weighted by molar-refractivity contribution is 0.672. The zero-order valence-corrected chi connectivity index (χ0v) is 28.8. The third-order valence-corrected chi connectivity index (χ3v) is 10.7. The van der Waals surface area contributed by atoms with Gasteiger partial charge >= 0.3 is 0 Å². The molecule has 0 aliphatic carbocycles. The fourth-order valence-electron chi connectivity index (χ4n) is 8.28. The van der Waals surface area contributed by atoms with Crippen LogP contribution in [-0.4, -0.2) is 4.57 Å². The molecule has 0 atom stereocenters. The van der Waals surface area contributed by atoms with Crippen molar-refractivity contribution in [1.29, 1.82) is 0 Å². The predicted octanol–water partition coefficient (Wildman–Crippen LogP) is 14.1. The van der Waals surface area contributed by atoms with Crippen molar-refractivity contribution >= 4 is 82.4 Å². The molecular formula is C50H32N2O. The number of benzene rings is 9. The molecule has 0 aliphatic rings. The van der Waals surface area contributed by atoms with Crippen molar-refractivity contribution in [1.82, 2.24) is 4.57 Å². The van der Waals surface area contributed by atoms with Crippen LogP contribution in [0, 0.1) is 0 Å². The van der Waals surface area contributed by atoms with Crippen molar-refractivity contribution in [3.05, 3.63) is 194 Å². The van der Waals surface area contributed by atoms with Crippen LogP contribution in [0.25, 0.3) is 82.1 Å². The second-order valence-electron chi connectivity index (χ2n) is 13.7. The van der Waals surface area contributed by atoms with Crippen LogP contribution in [0.5, 0.6) is 0 Å². The fourth-order valence-corrected chi connectivity index (χ4v) is 8.28. The largest absolute Gasteiger partial charge is 0.455 e. The van der Waals surface area contributed by atoms with Gasteiger partial charge in [0.05, 0.1) is 22.1 Å². The van der Waals surface area contributed by atoms with Gasteiger partial charge in [0.15, 0.2) is 0 Å². The Morgan fingerprint density at radius 2 is 1.08 bits per heavy atom. The molecule has 0 fully saturated rings. The average Bonchev–Trinajstić information content (AvgIpc) is 3.78. The molecule has 0 saturated heterocycles. The van der Waals surface area contributed by atoms with Crippen LogP contribution >= 0.6 is 0 Å². The number of para-hydroxylation sites is 2. The van der Waals surface area contributed by atoms with Crippen LogP contribution in [0.15, 0.2) is 199 Å². The van der Waals surface area contributed by atoms with Crippen molar-refractivity contribution in [2.45, 2.75) is 0 Å². The van der Waals surface area contributed by atoms with Crippen LogP contribution in [0.2, 0.25) is 0 Å². The number of furan rings is 1. The van der Waals surface area contributed by atoms with Gasteiger partial charge in [0.2, 0.25) is 0 Å². The van der Waals surface area contributed by atoms with Gasteiger partial charge in [-0.25, -0.2) is 0 Å². The summed E-state index contributed by atoms with van der Waals surface area (Å²) in [6.45, 7) is 0. The molecule has 0 aliphatic heterocycles. The summed E-state index contributed by atoms with van der Waals surface area (Å²) in [7, 11) is 0. The Balaban J connectivity index is 1.15. The molecule has 3 nitrogen and oxygen atoms in total. The van der Waals surface area contributed by atoms with Crippen molar-refractivity contribution in [3.63, 3.8) is 0 Å². The second-order valence-corrected chi connectivity index (χ2v) is 13.7. The zero-order chi connectivity index (χ0) is 34.9. The van der Waals surface area contributed by atoms with E-state index in [1.165, 1.54) is 49.1 Å². The Bertz CT molecular complexity index is 3170. The third-order valence-electron chi connectivity index (χ3n) is 10.7. The highest BCUT2D eigenvalue weighted by Gasteiger charge is 2.22. The summed E-state index contributed by atoms with van der Waals surface area (Å²) >= 11 is 0. The van der Waals surface area contributed by atoms with Gasteiger partial charge < -0.3 is 13.9 Å². The smallest absolute Gasteiger partial charge is 0.143 e. The minimum absolute atomic E-state index is 0.869. The van der Waals surface area contributed by atoms with E-state index in [2.05, 4.69) is 204 Å². The van der Waals surface area contributed by atoms with E-state index < -0.39 is 0 Å². The summed E-state index contributed by atoms with van der Waals surface area (Å²) in [4.78, 5) is 2.39. The second kappa shape index (κ2) is 11.7. The molecule has 0 bridgehead atoms. The molecule has 2 heterocycles. The van der Waals surface area contributed by atoms with Crippen LogP contribution in [-0.2, 0) is 0 Å². The number of hydrogen-bond donors (Lipinski definition) is 0. The molecule has 9 aromatic carbocycles. The summed E-state index contributed by atoms with van der Waals surface area (Å²) < 4.78 is 9.06. The third kappa shape index (κ3) is 4.68. The SMILES string of the molecule is c1ccc(-n2c3ccccc3c3cc(N(c4ccc(-c5ccc6ccccc6c5)cc4)c4cccc5oc6c7ccccc7ccc6c45)ccc32)cc1. The summed E-state index contributed by atoms with van der Waals surface area (Å²) in [5.41, 5.74) is 10.9. The molecule has 53 heavy (non-hydrogen) atoms. The van der Waals surface area contributed by atoms with Gasteiger partial charge in [0, 0.05) is 38.6 Å². The van der Waals surface area contributed by atoms with Crippen molar-refractivity contribution in [3.8, 4) is 16.8 Å². The molecule has 0 N–H and O–H groups in total. The van der Waals surface area contributed by atoms with Gasteiger partial charge in [-0.2, -0.15) is 0 Å². The van der Waals surface area contributed by atoms with Crippen molar-refractivity contribution in [2.24, 2.45) is 0 Å². The van der Waals surface area contributed by atoms with Crippen LogP contribution in [0.1, 0.15) is 0 Å². The van der Waals surface area contributed by atoms with E-state index >= 15 is 0 Å². The molecule has 2 aromatic heterocycles. The van der Waals surface area contributed by atoms with E-state index in [0.29, 0.717) is 0 Å². The number of aromatic nitrogens is 1. The Morgan fingerprint density at radius 1 is 0.396 bits per heavy atom. The standard InChI is InChI=1S/C50H32N2O/c1-2-14-38(15-3-1)52-45-18-9-8-17-42(45)44-32-40(28-30-46(44)52)51(39-26-23-34(24-27-39)37-22-21-33-11-4-5-13-36(33)31-37)47-19-10-20-48-49(47)43-29-25-35-12-6-7-16-41(35)50(43)53-48/h1-32H. The minimum atomic E-state index is 0.869. The van der Waals surface area contributed by atoms with Crippen molar-refractivity contribution < 1.29 is 4.42 Å². The van der Waals surface area contributed by atoms with E-state index in [0.717, 1.165) is 50.1 Å². The topological polar surface area (TPSA) is 21.3 Å². The first kappa shape index (κ1) is 29.6. The highest BCUT2D eigenvalue weighted by molar-refractivity contribution is 6.20. The maximum Gasteiger partial charge on any atom is 0.143 e. The highest BCUT2D eigenvalue weighted by Crippen LogP contribution is 2.46. The number of fused-ring (bicyclic) bond motifs is 9. The van der Waals surface area contributed by atoms with Gasteiger partial charge in [-0.1, -0.05) is 121 Å². The van der Waals surface area contributed by atoms with Crippen LogP contribution < -0.4 is 4.90 Å². The molecule has 248 valence electrons. The Labute approximate surface area is 306 Å². The first-order valence-corrected chi connectivity index (χ1v) is 18.1. The Hall–Kier alpha value is -7.10. The van der Waals surface area contributed by atoms with E-state index in [1.807, 2.05) is 0 Å². The van der Waals surface area contributed by atoms with Gasteiger partial charge in [0.25, 0.3) is 0 Å². The lowest BCUT2D eigenvalue weighted by Gasteiger charge is -2.26. The summed E-state index contributed by atoms with van der Waals surface area (Å²) in [6.07, 6.45) is 0. The Morgan fingerprint density at radius 3 is 1.94 bits per heavy atom. The van der Waals surface area contributed by atoms with E-state index in [1.54, 1.807) is 0 Å². The van der Waals surface area contributed by atoms with E-state index in [-0.39, 0.29) is 0 Å². The molecule has 0 unspecified atom stereocenters. The molecule has 0 amide bonds. The lowest BCUT2D eigenvalue weighted by Crippen LogP contribution is -2.10. The summed E-state index contributed by atoms with van der Waals surface area (Å²) in [5, 5.41) is 9.40. The van der Waals surface area contributed by atoms with Crippen LogP contribution in [0.4, 0.5) is 17.1 Å². The van der Waals surface area contributed by atoms with E-state index in [4.69, 9.17) is 4.42 Å². The maximum absolute atomic E-state index is 6.69. The number of anilines is 3. The van der Waals surface area contributed by atoms with Crippen molar-refractivity contribution in [2.75, 3.05) is 4.90 Å². The van der Waals surface area contributed by atoms with E-state index in [9.17, 15) is 0 Å². The van der Waals surface area contributed by atoms with Gasteiger partial charge in [-0.05, 0) is 100 Å². The summed E-state index contributed by atoms with van der Waals surface area (Å²) in [6, 6.07) is 69.8. The number of nitrogens with zero attached hydrogens (tertiary/aromatic N) is 2. The lowest BCUT2D eigenvalue weighted by atomic mass is 10.0. The molecule has 0 spiro atoms. The predicted molar refractivity (Wildman–Crippen MR) is 223 cm³/mol. The van der Waals surface area contributed by atoms with Gasteiger partial charge in [0.1, 0.15) is 11.2 Å². The summed E-state index contributed by atoms with van der Waals surface area (Å²) in [5.74, 6) is 0. The molecule has 3 heteroatoms. The Kier molecular flexibility index (Phi) is 6.55. The monoisotopic (exact) mass is 676 g/mol. The highest BCUT2D eigenvalue weighted by atomic mass is 16.3. The first-order valence-electron chi connectivity index (χ1n) is 18.1. The first-order chi connectivity index (χ1) is 26.3. The number of hydrogen-bond acceptors (Lipinski definition) is 2. The molecule has 11 rings (SSSR count). The average molecular weight is 677 g/mol. The molecular weight excluding hydrogens is 645 g/mol. The fraction of sp³-hybridized carbons (Fsp3) is 0. The molecule has 0 radical (unpaired) electrons. The van der Waals surface area contributed by atoms with Crippen LogP contribution in [0.3, 0.4) is 0 Å². The molecule has 0 saturated carbocycles. The number of rotatable bonds is 5. The normalized spacial score (nSPS) is 11.8. The zero-order valence-electron chi connectivity index (χ0n) is 28.8. The van der Waals surface area contributed by atoms with Gasteiger partial charge in [-0.15, -0.1) is 0 Å². The quantitative estimate of drug-likeness (QED) is 0.181. The maximum atomic E-state index is 6.69.